The summed E-state index contributed by atoms with van der Waals surface area (Å²) in [6.45, 7) is 0. The lowest BCUT2D eigenvalue weighted by Gasteiger charge is -1.95. The molecule has 1 aromatic heterocycles. The molecule has 0 saturated carbocycles. The van der Waals surface area contributed by atoms with E-state index >= 15 is 0 Å². The molecule has 0 saturated heterocycles. The van der Waals surface area contributed by atoms with E-state index in [4.69, 9.17) is 16.4 Å². The van der Waals surface area contributed by atoms with Crippen molar-refractivity contribution in [2.75, 3.05) is 0 Å². The zero-order chi connectivity index (χ0) is 8.97. The molecule has 60 valence electrons. The van der Waals surface area contributed by atoms with Crippen molar-refractivity contribution in [2.45, 2.75) is 5.03 Å². The van der Waals surface area contributed by atoms with Gasteiger partial charge in [0.05, 0.1) is 5.56 Å². The molecule has 0 bridgehead atoms. The van der Waals surface area contributed by atoms with Crippen LogP contribution in [0.4, 0.5) is 0 Å². The number of nitriles is 1. The summed E-state index contributed by atoms with van der Waals surface area (Å²) in [6, 6.07) is 5.25. The molecule has 0 aliphatic carbocycles. The molecule has 0 atom stereocenters. The third-order valence-electron chi connectivity index (χ3n) is 1.08. The van der Waals surface area contributed by atoms with Crippen LogP contribution in [0.2, 0.25) is 0 Å². The van der Waals surface area contributed by atoms with Gasteiger partial charge in [-0.1, -0.05) is 0 Å². The van der Waals surface area contributed by atoms with Crippen LogP contribution in [0.25, 0.3) is 0 Å². The van der Waals surface area contributed by atoms with Gasteiger partial charge in [-0.25, -0.2) is 4.98 Å². The lowest BCUT2D eigenvalue weighted by molar-refractivity contribution is 1.13. The highest BCUT2D eigenvalue weighted by molar-refractivity contribution is 8.13. The van der Waals surface area contributed by atoms with Crippen LogP contribution in [0, 0.1) is 16.7 Å². The minimum atomic E-state index is -0.00722. The molecule has 0 aliphatic rings. The summed E-state index contributed by atoms with van der Waals surface area (Å²) in [4.78, 5) is 3.91. The van der Waals surface area contributed by atoms with E-state index in [2.05, 4.69) is 4.98 Å². The molecule has 3 N–H and O–H groups in total. The number of thioether (sulfide) groups is 1. The van der Waals surface area contributed by atoms with Gasteiger partial charge in [0.1, 0.15) is 11.1 Å². The highest BCUT2D eigenvalue weighted by Crippen LogP contribution is 2.13. The van der Waals surface area contributed by atoms with Crippen LogP contribution in [-0.2, 0) is 0 Å². The summed E-state index contributed by atoms with van der Waals surface area (Å²) in [5.41, 5.74) is 5.64. The number of hydrogen-bond donors (Lipinski definition) is 2. The molecule has 0 amide bonds. The summed E-state index contributed by atoms with van der Waals surface area (Å²) in [5.74, 6) is 0. The monoisotopic (exact) mass is 178 g/mol. The average Bonchev–Trinajstić information content (AvgIpc) is 2.05. The van der Waals surface area contributed by atoms with E-state index in [1.165, 1.54) is 6.20 Å². The van der Waals surface area contributed by atoms with Gasteiger partial charge in [-0.05, 0) is 23.9 Å². The second kappa shape index (κ2) is 3.74. The molecule has 0 aromatic carbocycles. The van der Waals surface area contributed by atoms with Gasteiger partial charge in [0.2, 0.25) is 0 Å². The Morgan fingerprint density at radius 1 is 1.67 bits per heavy atom. The molecular formula is C7H6N4S. The van der Waals surface area contributed by atoms with Crippen molar-refractivity contribution >= 4 is 16.9 Å². The molecule has 12 heavy (non-hydrogen) atoms. The van der Waals surface area contributed by atoms with Crippen LogP contribution in [0.3, 0.4) is 0 Å². The van der Waals surface area contributed by atoms with Crippen molar-refractivity contribution in [3.8, 4) is 6.07 Å². The highest BCUT2D eigenvalue weighted by Gasteiger charge is 1.97. The van der Waals surface area contributed by atoms with Crippen LogP contribution < -0.4 is 5.73 Å². The van der Waals surface area contributed by atoms with E-state index in [-0.39, 0.29) is 5.17 Å². The number of amidine groups is 1. The Bertz CT molecular complexity index is 324. The number of nitrogens with two attached hydrogens (primary N) is 1. The normalized spacial score (nSPS) is 8.92. The third-order valence-corrected chi connectivity index (χ3v) is 1.75. The van der Waals surface area contributed by atoms with Crippen molar-refractivity contribution in [2.24, 2.45) is 5.73 Å². The Kier molecular flexibility index (Phi) is 2.66. The van der Waals surface area contributed by atoms with Gasteiger partial charge in [-0.3, -0.25) is 5.41 Å². The summed E-state index contributed by atoms with van der Waals surface area (Å²) in [5, 5.41) is 16.0. The van der Waals surface area contributed by atoms with Gasteiger partial charge >= 0.3 is 0 Å². The first-order chi connectivity index (χ1) is 5.72. The second-order valence-corrected chi connectivity index (χ2v) is 3.03. The maximum absolute atomic E-state index is 8.45. The summed E-state index contributed by atoms with van der Waals surface area (Å²) in [7, 11) is 0. The quantitative estimate of drug-likeness (QED) is 0.380. The maximum Gasteiger partial charge on any atom is 0.157 e. The predicted octanol–water partition coefficient (Wildman–Crippen LogP) is 0.939. The van der Waals surface area contributed by atoms with E-state index in [9.17, 15) is 0 Å². The second-order valence-electron chi connectivity index (χ2n) is 1.96. The van der Waals surface area contributed by atoms with Gasteiger partial charge in [-0.15, -0.1) is 0 Å². The third kappa shape index (κ3) is 2.25. The number of nitrogens with one attached hydrogen (secondary N) is 1. The summed E-state index contributed by atoms with van der Waals surface area (Å²) in [6.07, 6.45) is 1.45. The number of nitrogens with zero attached hydrogens (tertiary/aromatic N) is 2. The fourth-order valence-electron chi connectivity index (χ4n) is 0.619. The molecule has 0 spiro atoms. The van der Waals surface area contributed by atoms with Gasteiger partial charge in [0, 0.05) is 6.20 Å². The molecule has 4 nitrogen and oxygen atoms in total. The number of pyridine rings is 1. The minimum absolute atomic E-state index is 0.00722. The Labute approximate surface area is 73.9 Å². The van der Waals surface area contributed by atoms with Crippen molar-refractivity contribution in [1.29, 1.82) is 10.7 Å². The smallest absolute Gasteiger partial charge is 0.157 e. The van der Waals surface area contributed by atoms with Crippen LogP contribution in [-0.4, -0.2) is 10.2 Å². The molecule has 0 fully saturated rings. The van der Waals surface area contributed by atoms with E-state index < -0.39 is 0 Å². The Morgan fingerprint density at radius 3 is 2.83 bits per heavy atom. The van der Waals surface area contributed by atoms with Gasteiger partial charge in [-0.2, -0.15) is 5.26 Å². The van der Waals surface area contributed by atoms with Crippen molar-refractivity contribution in [1.82, 2.24) is 4.98 Å². The molecule has 1 rings (SSSR count). The van der Waals surface area contributed by atoms with Crippen LogP contribution >= 0.6 is 11.8 Å². The first-order valence-corrected chi connectivity index (χ1v) is 3.92. The molecule has 0 unspecified atom stereocenters. The van der Waals surface area contributed by atoms with Crippen molar-refractivity contribution < 1.29 is 0 Å². The zero-order valence-electron chi connectivity index (χ0n) is 6.11. The lowest BCUT2D eigenvalue weighted by Crippen LogP contribution is -2.03. The van der Waals surface area contributed by atoms with Crippen LogP contribution in [0.1, 0.15) is 5.56 Å². The fraction of sp³-hybridized carbons (Fsp3) is 0. The van der Waals surface area contributed by atoms with Gasteiger partial charge < -0.3 is 5.73 Å². The SMILES string of the molecule is N#Cc1ccc(SC(=N)N)nc1. The zero-order valence-corrected chi connectivity index (χ0v) is 6.93. The van der Waals surface area contributed by atoms with Crippen molar-refractivity contribution in [3.05, 3.63) is 23.9 Å². The van der Waals surface area contributed by atoms with Crippen LogP contribution in [0.15, 0.2) is 23.4 Å². The van der Waals surface area contributed by atoms with E-state index in [0.29, 0.717) is 10.6 Å². The van der Waals surface area contributed by atoms with E-state index in [1.54, 1.807) is 12.1 Å². The molecule has 1 heterocycles. The molecule has 0 radical (unpaired) electrons. The fourth-order valence-corrected chi connectivity index (χ4v) is 1.09. The molecule has 5 heteroatoms. The topological polar surface area (TPSA) is 86.5 Å². The standard InChI is InChI=1S/C7H6N4S/c8-3-5-1-2-6(11-4-5)12-7(9)10/h1-2,4H,(H3,9,10). The average molecular weight is 178 g/mol. The van der Waals surface area contributed by atoms with E-state index in [0.717, 1.165) is 11.8 Å². The van der Waals surface area contributed by atoms with Crippen molar-refractivity contribution in [3.63, 3.8) is 0 Å². The first kappa shape index (κ1) is 8.56. The number of rotatable bonds is 1. The minimum Gasteiger partial charge on any atom is -0.378 e. The Balaban J connectivity index is 2.80. The summed E-state index contributed by atoms with van der Waals surface area (Å²) >= 11 is 1.06. The molecular weight excluding hydrogens is 172 g/mol. The van der Waals surface area contributed by atoms with Crippen LogP contribution in [0.5, 0.6) is 0 Å². The predicted molar refractivity (Wildman–Crippen MR) is 46.7 cm³/mol. The summed E-state index contributed by atoms with van der Waals surface area (Å²) < 4.78 is 0. The lowest BCUT2D eigenvalue weighted by atomic mass is 10.3. The molecule has 0 aliphatic heterocycles. The van der Waals surface area contributed by atoms with E-state index in [1.807, 2.05) is 6.07 Å². The number of hydrogen-bond acceptors (Lipinski definition) is 4. The highest BCUT2D eigenvalue weighted by atomic mass is 32.2. The number of aromatic nitrogens is 1. The Hall–Kier alpha value is -1.54. The largest absolute Gasteiger partial charge is 0.378 e. The van der Waals surface area contributed by atoms with Gasteiger partial charge in [0.15, 0.2) is 5.17 Å². The van der Waals surface area contributed by atoms with Gasteiger partial charge in [0.25, 0.3) is 0 Å². The first-order valence-electron chi connectivity index (χ1n) is 3.10. The molecule has 1 aromatic rings. The maximum atomic E-state index is 8.45. The Morgan fingerprint density at radius 2 is 2.42 bits per heavy atom.